The van der Waals surface area contributed by atoms with Crippen LogP contribution >= 0.6 is 0 Å². The molecule has 2 N–H and O–H groups in total. The smallest absolute Gasteiger partial charge is 0.260 e. The molecule has 4 nitrogen and oxygen atoms in total. The van der Waals surface area contributed by atoms with Crippen molar-refractivity contribution in [2.45, 2.75) is 39.3 Å². The standard InChI is InChI=1S/C15H24N2O2/c1-5-10-17-11(2)13-8-6-7-9-14(13)19-12(3)15(18)16-4/h6-9,11-12,17H,5,10H2,1-4H3,(H,16,18). The van der Waals surface area contributed by atoms with Crippen molar-refractivity contribution in [3.63, 3.8) is 0 Å². The molecule has 0 aliphatic heterocycles. The zero-order valence-corrected chi connectivity index (χ0v) is 12.2. The number of ether oxygens (including phenoxy) is 1. The molecule has 0 heterocycles. The molecule has 1 amide bonds. The van der Waals surface area contributed by atoms with Gasteiger partial charge in [-0.15, -0.1) is 0 Å². The molecule has 0 saturated carbocycles. The van der Waals surface area contributed by atoms with E-state index in [1.165, 1.54) is 0 Å². The molecule has 2 unspecified atom stereocenters. The van der Waals surface area contributed by atoms with Crippen LogP contribution in [0.15, 0.2) is 24.3 Å². The predicted molar refractivity (Wildman–Crippen MR) is 77.3 cm³/mol. The fraction of sp³-hybridized carbons (Fsp3) is 0.533. The van der Waals surface area contributed by atoms with E-state index in [2.05, 4.69) is 24.5 Å². The molecular weight excluding hydrogens is 240 g/mol. The topological polar surface area (TPSA) is 50.4 Å². The summed E-state index contributed by atoms with van der Waals surface area (Å²) in [4.78, 5) is 11.5. The Balaban J connectivity index is 2.80. The molecule has 0 aliphatic rings. The van der Waals surface area contributed by atoms with Crippen LogP contribution in [0.5, 0.6) is 5.75 Å². The lowest BCUT2D eigenvalue weighted by molar-refractivity contribution is -0.126. The highest BCUT2D eigenvalue weighted by Crippen LogP contribution is 2.25. The third-order valence-corrected chi connectivity index (χ3v) is 3.01. The van der Waals surface area contributed by atoms with Gasteiger partial charge in [-0.05, 0) is 32.9 Å². The highest BCUT2D eigenvalue weighted by atomic mass is 16.5. The van der Waals surface area contributed by atoms with E-state index in [1.807, 2.05) is 24.3 Å². The molecule has 0 bridgehead atoms. The second-order valence-electron chi connectivity index (χ2n) is 4.59. The number of rotatable bonds is 7. The van der Waals surface area contributed by atoms with E-state index >= 15 is 0 Å². The molecule has 1 aromatic rings. The zero-order valence-electron chi connectivity index (χ0n) is 12.2. The summed E-state index contributed by atoms with van der Waals surface area (Å²) in [5, 5.41) is 6.01. The highest BCUT2D eigenvalue weighted by molar-refractivity contribution is 5.80. The molecule has 1 aromatic carbocycles. The molecule has 0 aliphatic carbocycles. The quantitative estimate of drug-likeness (QED) is 0.794. The van der Waals surface area contributed by atoms with Crippen molar-refractivity contribution < 1.29 is 9.53 Å². The van der Waals surface area contributed by atoms with Crippen molar-refractivity contribution in [2.75, 3.05) is 13.6 Å². The number of nitrogens with one attached hydrogen (secondary N) is 2. The Bertz CT molecular complexity index is 407. The SMILES string of the molecule is CCCNC(C)c1ccccc1OC(C)C(=O)NC. The molecule has 2 atom stereocenters. The molecule has 0 radical (unpaired) electrons. The number of carbonyl (C=O) groups excluding carboxylic acids is 1. The van der Waals surface area contributed by atoms with Crippen molar-refractivity contribution in [3.8, 4) is 5.75 Å². The van der Waals surface area contributed by atoms with E-state index in [-0.39, 0.29) is 11.9 Å². The molecule has 0 spiro atoms. The monoisotopic (exact) mass is 264 g/mol. The van der Waals surface area contributed by atoms with Gasteiger partial charge in [0.1, 0.15) is 5.75 Å². The highest BCUT2D eigenvalue weighted by Gasteiger charge is 2.16. The summed E-state index contributed by atoms with van der Waals surface area (Å²) in [6.45, 7) is 6.94. The Hall–Kier alpha value is -1.55. The third-order valence-electron chi connectivity index (χ3n) is 3.01. The minimum absolute atomic E-state index is 0.121. The van der Waals surface area contributed by atoms with Crippen molar-refractivity contribution in [1.29, 1.82) is 0 Å². The first-order valence-electron chi connectivity index (χ1n) is 6.80. The molecule has 0 aromatic heterocycles. The van der Waals surface area contributed by atoms with Gasteiger partial charge in [0, 0.05) is 18.7 Å². The van der Waals surface area contributed by atoms with E-state index in [4.69, 9.17) is 4.74 Å². The molecular formula is C15H24N2O2. The summed E-state index contributed by atoms with van der Waals surface area (Å²) in [7, 11) is 1.61. The number of para-hydroxylation sites is 1. The molecule has 106 valence electrons. The fourth-order valence-electron chi connectivity index (χ4n) is 1.86. The summed E-state index contributed by atoms with van der Waals surface area (Å²) in [6.07, 6.45) is 0.590. The minimum Gasteiger partial charge on any atom is -0.481 e. The Morgan fingerprint density at radius 2 is 2.00 bits per heavy atom. The van der Waals surface area contributed by atoms with Crippen molar-refractivity contribution >= 4 is 5.91 Å². The number of carbonyl (C=O) groups is 1. The Morgan fingerprint density at radius 3 is 2.63 bits per heavy atom. The Morgan fingerprint density at radius 1 is 1.32 bits per heavy atom. The van der Waals surface area contributed by atoms with E-state index in [1.54, 1.807) is 14.0 Å². The van der Waals surface area contributed by atoms with Crippen LogP contribution in [0.25, 0.3) is 0 Å². The third kappa shape index (κ3) is 4.56. The number of benzene rings is 1. The van der Waals surface area contributed by atoms with E-state index in [0.29, 0.717) is 0 Å². The van der Waals surface area contributed by atoms with E-state index < -0.39 is 6.10 Å². The van der Waals surface area contributed by atoms with Crippen molar-refractivity contribution in [1.82, 2.24) is 10.6 Å². The van der Waals surface area contributed by atoms with Crippen LogP contribution in [0.3, 0.4) is 0 Å². The van der Waals surface area contributed by atoms with Gasteiger partial charge in [0.15, 0.2) is 6.10 Å². The predicted octanol–water partition coefficient (Wildman–Crippen LogP) is 2.26. The summed E-state index contributed by atoms with van der Waals surface area (Å²) >= 11 is 0. The number of hydrogen-bond donors (Lipinski definition) is 2. The largest absolute Gasteiger partial charge is 0.481 e. The minimum atomic E-state index is -0.496. The molecule has 4 heteroatoms. The van der Waals surface area contributed by atoms with Crippen LogP contribution in [-0.4, -0.2) is 25.6 Å². The fourth-order valence-corrected chi connectivity index (χ4v) is 1.86. The van der Waals surface area contributed by atoms with E-state index in [9.17, 15) is 4.79 Å². The number of likely N-dealkylation sites (N-methyl/N-ethyl adjacent to an activating group) is 1. The van der Waals surface area contributed by atoms with Crippen molar-refractivity contribution in [2.24, 2.45) is 0 Å². The van der Waals surface area contributed by atoms with Gasteiger partial charge in [0.05, 0.1) is 0 Å². The maximum absolute atomic E-state index is 11.5. The summed E-state index contributed by atoms with van der Waals surface area (Å²) in [5.74, 6) is 0.638. The second-order valence-corrected chi connectivity index (χ2v) is 4.59. The lowest BCUT2D eigenvalue weighted by Gasteiger charge is -2.20. The first kappa shape index (κ1) is 15.5. The molecule has 0 fully saturated rings. The first-order chi connectivity index (χ1) is 9.10. The maximum atomic E-state index is 11.5. The average Bonchev–Trinajstić information content (AvgIpc) is 2.44. The number of amides is 1. The van der Waals surface area contributed by atoms with Gasteiger partial charge < -0.3 is 15.4 Å². The van der Waals surface area contributed by atoms with E-state index in [0.717, 1.165) is 24.3 Å². The van der Waals surface area contributed by atoms with Gasteiger partial charge in [0.2, 0.25) is 0 Å². The van der Waals surface area contributed by atoms with Crippen LogP contribution in [0.2, 0.25) is 0 Å². The Labute approximate surface area is 115 Å². The van der Waals surface area contributed by atoms with Crippen LogP contribution in [0, 0.1) is 0 Å². The van der Waals surface area contributed by atoms with Gasteiger partial charge in [-0.25, -0.2) is 0 Å². The molecule has 0 saturated heterocycles. The van der Waals surface area contributed by atoms with Gasteiger partial charge >= 0.3 is 0 Å². The molecule has 19 heavy (non-hydrogen) atoms. The summed E-state index contributed by atoms with van der Waals surface area (Å²) < 4.78 is 5.75. The zero-order chi connectivity index (χ0) is 14.3. The maximum Gasteiger partial charge on any atom is 0.260 e. The first-order valence-corrected chi connectivity index (χ1v) is 6.80. The van der Waals surface area contributed by atoms with Gasteiger partial charge in [-0.1, -0.05) is 25.1 Å². The summed E-state index contributed by atoms with van der Waals surface area (Å²) in [6, 6.07) is 8.03. The van der Waals surface area contributed by atoms with Gasteiger partial charge in [-0.3, -0.25) is 4.79 Å². The van der Waals surface area contributed by atoms with Crippen LogP contribution in [-0.2, 0) is 4.79 Å². The molecule has 1 rings (SSSR count). The lowest BCUT2D eigenvalue weighted by Crippen LogP contribution is -2.34. The average molecular weight is 264 g/mol. The normalized spacial score (nSPS) is 13.7. The summed E-state index contributed by atoms with van der Waals surface area (Å²) in [5.41, 5.74) is 1.08. The van der Waals surface area contributed by atoms with Gasteiger partial charge in [0.25, 0.3) is 5.91 Å². The number of hydrogen-bond acceptors (Lipinski definition) is 3. The van der Waals surface area contributed by atoms with Gasteiger partial charge in [-0.2, -0.15) is 0 Å². The van der Waals surface area contributed by atoms with Crippen LogP contribution < -0.4 is 15.4 Å². The lowest BCUT2D eigenvalue weighted by atomic mass is 10.1. The second kappa shape index (κ2) is 7.79. The Kier molecular flexibility index (Phi) is 6.36. The van der Waals surface area contributed by atoms with Crippen molar-refractivity contribution in [3.05, 3.63) is 29.8 Å². The van der Waals surface area contributed by atoms with Crippen LogP contribution in [0.1, 0.15) is 38.8 Å². The van der Waals surface area contributed by atoms with Crippen LogP contribution in [0.4, 0.5) is 0 Å².